The molecule has 0 amide bonds. The number of hydrogen-bond acceptors (Lipinski definition) is 2. The molecule has 1 fully saturated rings. The Kier molecular flexibility index (Phi) is 3.41. The van der Waals surface area contributed by atoms with Crippen LogP contribution >= 0.6 is 0 Å². The van der Waals surface area contributed by atoms with E-state index in [0.29, 0.717) is 0 Å². The molecule has 19 heavy (non-hydrogen) atoms. The number of methoxy groups -OCH3 is 1. The highest BCUT2D eigenvalue weighted by Crippen LogP contribution is 2.31. The van der Waals surface area contributed by atoms with Gasteiger partial charge in [-0.05, 0) is 36.6 Å². The number of anilines is 1. The molecule has 1 heterocycles. The number of ether oxygens (including phenoxy) is 1. The van der Waals surface area contributed by atoms with Gasteiger partial charge in [-0.1, -0.05) is 30.3 Å². The molecule has 0 aromatic heterocycles. The summed E-state index contributed by atoms with van der Waals surface area (Å²) in [4.78, 5) is 2.45. The SMILES string of the molecule is COc1ccccc1-c1ccc(N2CCCC2)cc1. The zero-order chi connectivity index (χ0) is 13.1. The van der Waals surface area contributed by atoms with E-state index in [0.717, 1.165) is 11.3 Å². The molecule has 1 saturated heterocycles. The third kappa shape index (κ3) is 2.43. The van der Waals surface area contributed by atoms with Crippen LogP contribution in [0.1, 0.15) is 12.8 Å². The van der Waals surface area contributed by atoms with Crippen LogP contribution in [0.5, 0.6) is 5.75 Å². The topological polar surface area (TPSA) is 12.5 Å². The van der Waals surface area contributed by atoms with Gasteiger partial charge in [0, 0.05) is 24.3 Å². The van der Waals surface area contributed by atoms with E-state index >= 15 is 0 Å². The molecule has 2 nitrogen and oxygen atoms in total. The Morgan fingerprint density at radius 3 is 2.26 bits per heavy atom. The van der Waals surface area contributed by atoms with E-state index < -0.39 is 0 Å². The Labute approximate surface area is 114 Å². The summed E-state index contributed by atoms with van der Waals surface area (Å²) in [5, 5.41) is 0. The molecule has 0 bridgehead atoms. The molecule has 2 aromatic rings. The van der Waals surface area contributed by atoms with Crippen molar-refractivity contribution in [3.05, 3.63) is 48.5 Å². The Morgan fingerprint density at radius 1 is 0.895 bits per heavy atom. The van der Waals surface area contributed by atoms with Crippen molar-refractivity contribution in [1.82, 2.24) is 0 Å². The van der Waals surface area contributed by atoms with Crippen LogP contribution in [0.2, 0.25) is 0 Å². The largest absolute Gasteiger partial charge is 0.496 e. The van der Waals surface area contributed by atoms with Crippen LogP contribution in [0, 0.1) is 0 Å². The number of rotatable bonds is 3. The zero-order valence-corrected chi connectivity index (χ0v) is 11.3. The lowest BCUT2D eigenvalue weighted by Gasteiger charge is -2.18. The quantitative estimate of drug-likeness (QED) is 0.821. The monoisotopic (exact) mass is 253 g/mol. The molecule has 2 aromatic carbocycles. The fraction of sp³-hybridized carbons (Fsp3) is 0.294. The molecule has 1 aliphatic heterocycles. The third-order valence-electron chi connectivity index (χ3n) is 3.76. The summed E-state index contributed by atoms with van der Waals surface area (Å²) in [5.74, 6) is 0.927. The molecule has 0 atom stereocenters. The number of para-hydroxylation sites is 1. The van der Waals surface area contributed by atoms with E-state index in [4.69, 9.17) is 4.74 Å². The van der Waals surface area contributed by atoms with Crippen molar-refractivity contribution in [2.75, 3.05) is 25.1 Å². The van der Waals surface area contributed by atoms with Crippen molar-refractivity contribution in [1.29, 1.82) is 0 Å². The van der Waals surface area contributed by atoms with Gasteiger partial charge in [0.15, 0.2) is 0 Å². The Balaban J connectivity index is 1.89. The van der Waals surface area contributed by atoms with Gasteiger partial charge in [-0.25, -0.2) is 0 Å². The van der Waals surface area contributed by atoms with E-state index in [1.54, 1.807) is 7.11 Å². The maximum atomic E-state index is 5.42. The molecule has 0 N–H and O–H groups in total. The first kappa shape index (κ1) is 12.1. The maximum Gasteiger partial charge on any atom is 0.126 e. The van der Waals surface area contributed by atoms with Crippen molar-refractivity contribution in [3.63, 3.8) is 0 Å². The van der Waals surface area contributed by atoms with Crippen molar-refractivity contribution in [3.8, 4) is 16.9 Å². The van der Waals surface area contributed by atoms with Crippen molar-refractivity contribution in [2.24, 2.45) is 0 Å². The predicted molar refractivity (Wildman–Crippen MR) is 79.9 cm³/mol. The van der Waals surface area contributed by atoms with Gasteiger partial charge in [-0.2, -0.15) is 0 Å². The van der Waals surface area contributed by atoms with Crippen LogP contribution in [0.3, 0.4) is 0 Å². The highest BCUT2D eigenvalue weighted by atomic mass is 16.5. The zero-order valence-electron chi connectivity index (χ0n) is 11.3. The van der Waals surface area contributed by atoms with E-state index in [2.05, 4.69) is 35.2 Å². The molecule has 0 radical (unpaired) electrons. The molecular formula is C17H19NO. The average Bonchev–Trinajstić information content (AvgIpc) is 3.02. The fourth-order valence-electron chi connectivity index (χ4n) is 2.71. The van der Waals surface area contributed by atoms with E-state index in [9.17, 15) is 0 Å². The maximum absolute atomic E-state index is 5.42. The summed E-state index contributed by atoms with van der Waals surface area (Å²) >= 11 is 0. The second-order valence-corrected chi connectivity index (χ2v) is 4.94. The van der Waals surface area contributed by atoms with Gasteiger partial charge in [0.25, 0.3) is 0 Å². The van der Waals surface area contributed by atoms with Gasteiger partial charge >= 0.3 is 0 Å². The normalized spacial score (nSPS) is 14.7. The van der Waals surface area contributed by atoms with Gasteiger partial charge in [0.2, 0.25) is 0 Å². The summed E-state index contributed by atoms with van der Waals surface area (Å²) < 4.78 is 5.42. The summed E-state index contributed by atoms with van der Waals surface area (Å²) in [6, 6.07) is 17.0. The molecule has 0 unspecified atom stereocenters. The fourth-order valence-corrected chi connectivity index (χ4v) is 2.71. The van der Waals surface area contributed by atoms with Gasteiger partial charge in [-0.3, -0.25) is 0 Å². The Morgan fingerprint density at radius 2 is 1.58 bits per heavy atom. The molecule has 2 heteroatoms. The second kappa shape index (κ2) is 5.35. The molecule has 98 valence electrons. The Hall–Kier alpha value is -1.96. The van der Waals surface area contributed by atoms with Crippen molar-refractivity contribution >= 4 is 5.69 Å². The predicted octanol–water partition coefficient (Wildman–Crippen LogP) is 3.96. The number of hydrogen-bond donors (Lipinski definition) is 0. The summed E-state index contributed by atoms with van der Waals surface area (Å²) in [7, 11) is 1.72. The Bertz CT molecular complexity index is 541. The van der Waals surface area contributed by atoms with E-state index in [1.165, 1.54) is 37.2 Å². The molecule has 0 aliphatic carbocycles. The molecule has 1 aliphatic rings. The van der Waals surface area contributed by atoms with Crippen LogP contribution in [-0.4, -0.2) is 20.2 Å². The third-order valence-corrected chi connectivity index (χ3v) is 3.76. The van der Waals surface area contributed by atoms with Crippen LogP contribution in [0.4, 0.5) is 5.69 Å². The lowest BCUT2D eigenvalue weighted by atomic mass is 10.0. The first-order valence-corrected chi connectivity index (χ1v) is 6.87. The van der Waals surface area contributed by atoms with Crippen LogP contribution in [-0.2, 0) is 0 Å². The van der Waals surface area contributed by atoms with Crippen LogP contribution < -0.4 is 9.64 Å². The van der Waals surface area contributed by atoms with Crippen LogP contribution in [0.15, 0.2) is 48.5 Å². The van der Waals surface area contributed by atoms with E-state index in [-0.39, 0.29) is 0 Å². The van der Waals surface area contributed by atoms with Crippen LogP contribution in [0.25, 0.3) is 11.1 Å². The minimum atomic E-state index is 0.927. The smallest absolute Gasteiger partial charge is 0.126 e. The van der Waals surface area contributed by atoms with Crippen molar-refractivity contribution in [2.45, 2.75) is 12.8 Å². The number of benzene rings is 2. The summed E-state index contributed by atoms with van der Waals surface area (Å²) in [6.45, 7) is 2.38. The standard InChI is InChI=1S/C17H19NO/c1-19-17-7-3-2-6-16(17)14-8-10-15(11-9-14)18-12-4-5-13-18/h2-3,6-11H,4-5,12-13H2,1H3. The molecule has 3 rings (SSSR count). The molecule has 0 spiro atoms. The highest BCUT2D eigenvalue weighted by Gasteiger charge is 2.12. The van der Waals surface area contributed by atoms with E-state index in [1.807, 2.05) is 18.2 Å². The minimum Gasteiger partial charge on any atom is -0.496 e. The first-order chi connectivity index (χ1) is 9.38. The average molecular weight is 253 g/mol. The van der Waals surface area contributed by atoms with Gasteiger partial charge in [0.1, 0.15) is 5.75 Å². The molecule has 0 saturated carbocycles. The van der Waals surface area contributed by atoms with Gasteiger partial charge in [0.05, 0.1) is 7.11 Å². The molecular weight excluding hydrogens is 234 g/mol. The highest BCUT2D eigenvalue weighted by molar-refractivity contribution is 5.72. The summed E-state index contributed by atoms with van der Waals surface area (Å²) in [6.07, 6.45) is 2.63. The lowest BCUT2D eigenvalue weighted by Crippen LogP contribution is -2.17. The first-order valence-electron chi connectivity index (χ1n) is 6.87. The number of nitrogens with zero attached hydrogens (tertiary/aromatic N) is 1. The summed E-state index contributed by atoms with van der Waals surface area (Å²) in [5.41, 5.74) is 3.69. The second-order valence-electron chi connectivity index (χ2n) is 4.94. The van der Waals surface area contributed by atoms with Gasteiger partial charge in [-0.15, -0.1) is 0 Å². The minimum absolute atomic E-state index is 0.927. The van der Waals surface area contributed by atoms with Gasteiger partial charge < -0.3 is 9.64 Å². The van der Waals surface area contributed by atoms with Crippen molar-refractivity contribution < 1.29 is 4.74 Å². The lowest BCUT2D eigenvalue weighted by molar-refractivity contribution is 0.416.